The summed E-state index contributed by atoms with van der Waals surface area (Å²) in [5.41, 5.74) is -0.191. The molecule has 0 saturated heterocycles. The maximum Gasteiger partial charge on any atom is 0.308 e. The average molecular weight is 427 g/mol. The third kappa shape index (κ3) is 4.90. The zero-order valence-electron chi connectivity index (χ0n) is 15.3. The van der Waals surface area contributed by atoms with E-state index >= 15 is 0 Å². The number of carbonyl (C=O) groups excluding carboxylic acids is 2. The third-order valence-corrected chi connectivity index (χ3v) is 5.98. The molecule has 0 radical (unpaired) electrons. The Morgan fingerprint density at radius 1 is 1.03 bits per heavy atom. The van der Waals surface area contributed by atoms with Gasteiger partial charge in [0.05, 0.1) is 13.0 Å². The topological polar surface area (TPSA) is 55.4 Å². The van der Waals surface area contributed by atoms with Gasteiger partial charge in [-0.25, -0.2) is 17.6 Å². The fraction of sp³-hybridized carbons (Fsp3) is 0.300. The third-order valence-electron chi connectivity index (χ3n) is 4.65. The number of halogens is 4. The normalized spacial score (nSPS) is 18.5. The number of hydrogen-bond donors (Lipinski definition) is 1. The first-order valence-electron chi connectivity index (χ1n) is 8.78. The molecule has 29 heavy (non-hydrogen) atoms. The fourth-order valence-corrected chi connectivity index (χ4v) is 4.49. The Morgan fingerprint density at radius 3 is 2.38 bits per heavy atom. The molecule has 1 fully saturated rings. The summed E-state index contributed by atoms with van der Waals surface area (Å²) in [6.45, 7) is 0. The van der Waals surface area contributed by atoms with Gasteiger partial charge in [-0.3, -0.25) is 9.59 Å². The minimum atomic E-state index is -1.63. The summed E-state index contributed by atoms with van der Waals surface area (Å²) in [4.78, 5) is 24.2. The Morgan fingerprint density at radius 2 is 1.72 bits per heavy atom. The van der Waals surface area contributed by atoms with Crippen LogP contribution in [0.3, 0.4) is 0 Å². The summed E-state index contributed by atoms with van der Waals surface area (Å²) in [6.07, 6.45) is 1.89. The zero-order valence-corrected chi connectivity index (χ0v) is 16.1. The molecule has 4 nitrogen and oxygen atoms in total. The molecule has 3 rings (SSSR count). The lowest BCUT2D eigenvalue weighted by Crippen LogP contribution is -2.14. The van der Waals surface area contributed by atoms with E-state index in [-0.39, 0.29) is 33.3 Å². The number of amides is 1. The maximum atomic E-state index is 14.2. The lowest BCUT2D eigenvalue weighted by Gasteiger charge is -2.12. The highest BCUT2D eigenvalue weighted by molar-refractivity contribution is 8.00. The Kier molecular flexibility index (Phi) is 6.46. The van der Waals surface area contributed by atoms with Gasteiger partial charge in [0.25, 0.3) is 5.91 Å². The minimum Gasteiger partial charge on any atom is -0.469 e. The van der Waals surface area contributed by atoms with Crippen LogP contribution in [0.15, 0.2) is 35.2 Å². The summed E-state index contributed by atoms with van der Waals surface area (Å²) in [5, 5.41) is 2.25. The van der Waals surface area contributed by atoms with E-state index in [1.165, 1.54) is 31.0 Å². The second kappa shape index (κ2) is 8.86. The predicted molar refractivity (Wildman–Crippen MR) is 99.7 cm³/mol. The average Bonchev–Trinajstić information content (AvgIpc) is 3.15. The van der Waals surface area contributed by atoms with Crippen molar-refractivity contribution in [2.45, 2.75) is 29.4 Å². The van der Waals surface area contributed by atoms with E-state index in [4.69, 9.17) is 4.74 Å². The first-order chi connectivity index (χ1) is 13.8. The Hall–Kier alpha value is -2.55. The summed E-state index contributed by atoms with van der Waals surface area (Å²) in [6, 6.07) is 4.99. The number of esters is 1. The number of methoxy groups -OCH3 is 1. The number of benzene rings is 2. The van der Waals surface area contributed by atoms with Gasteiger partial charge in [0.2, 0.25) is 0 Å². The molecule has 2 unspecified atom stereocenters. The highest BCUT2D eigenvalue weighted by atomic mass is 32.2. The molecule has 9 heteroatoms. The number of hydrogen-bond acceptors (Lipinski definition) is 4. The minimum absolute atomic E-state index is 0.00722. The molecule has 1 saturated carbocycles. The van der Waals surface area contributed by atoms with Crippen LogP contribution in [0.2, 0.25) is 0 Å². The molecule has 1 aliphatic carbocycles. The van der Waals surface area contributed by atoms with Crippen molar-refractivity contribution in [2.24, 2.45) is 5.92 Å². The van der Waals surface area contributed by atoms with Gasteiger partial charge in [0.1, 0.15) is 5.82 Å². The van der Waals surface area contributed by atoms with Crippen molar-refractivity contribution < 1.29 is 31.9 Å². The van der Waals surface area contributed by atoms with Crippen molar-refractivity contribution in [3.05, 3.63) is 59.2 Å². The molecule has 1 amide bonds. The number of carbonyl (C=O) groups is 2. The highest BCUT2D eigenvalue weighted by Crippen LogP contribution is 2.39. The molecule has 0 spiro atoms. The van der Waals surface area contributed by atoms with Crippen LogP contribution in [0.4, 0.5) is 23.2 Å². The van der Waals surface area contributed by atoms with Crippen LogP contribution < -0.4 is 5.32 Å². The summed E-state index contributed by atoms with van der Waals surface area (Å²) >= 11 is 1.22. The zero-order chi connectivity index (χ0) is 21.1. The molecule has 2 atom stereocenters. The van der Waals surface area contributed by atoms with Gasteiger partial charge in [0.15, 0.2) is 17.5 Å². The van der Waals surface area contributed by atoms with Crippen molar-refractivity contribution in [2.75, 3.05) is 12.4 Å². The molecule has 2 aromatic carbocycles. The summed E-state index contributed by atoms with van der Waals surface area (Å²) < 4.78 is 58.6. The molecule has 0 aromatic heterocycles. The van der Waals surface area contributed by atoms with Crippen molar-refractivity contribution in [3.8, 4) is 0 Å². The van der Waals surface area contributed by atoms with E-state index < -0.39 is 29.2 Å². The van der Waals surface area contributed by atoms with Crippen LogP contribution in [0, 0.1) is 29.2 Å². The molecule has 154 valence electrons. The SMILES string of the molecule is COC(=O)C1CCC(Sc2cc(C(=O)Nc3cc(F)c(F)c(F)c3)ccc2F)C1. The first kappa shape index (κ1) is 21.2. The molecule has 2 aromatic rings. The van der Waals surface area contributed by atoms with E-state index in [1.807, 2.05) is 0 Å². The predicted octanol–water partition coefficient (Wildman–Crippen LogP) is 4.93. The molecule has 0 heterocycles. The largest absolute Gasteiger partial charge is 0.469 e. The Bertz CT molecular complexity index is 930. The number of rotatable bonds is 5. The van der Waals surface area contributed by atoms with Gasteiger partial charge in [-0.2, -0.15) is 0 Å². The van der Waals surface area contributed by atoms with E-state index in [0.717, 1.165) is 6.07 Å². The maximum absolute atomic E-state index is 14.2. The second-order valence-corrected chi connectivity index (χ2v) is 7.97. The van der Waals surface area contributed by atoms with Crippen LogP contribution in [0.5, 0.6) is 0 Å². The van der Waals surface area contributed by atoms with Crippen LogP contribution in [0.25, 0.3) is 0 Å². The van der Waals surface area contributed by atoms with Crippen molar-refractivity contribution in [3.63, 3.8) is 0 Å². The van der Waals surface area contributed by atoms with E-state index in [1.54, 1.807) is 0 Å². The highest BCUT2D eigenvalue weighted by Gasteiger charge is 2.31. The van der Waals surface area contributed by atoms with Crippen LogP contribution >= 0.6 is 11.8 Å². The van der Waals surface area contributed by atoms with Crippen molar-refractivity contribution in [1.29, 1.82) is 0 Å². The van der Waals surface area contributed by atoms with E-state index in [2.05, 4.69) is 5.32 Å². The molecule has 0 bridgehead atoms. The Labute approximate surface area is 168 Å². The van der Waals surface area contributed by atoms with Crippen LogP contribution in [-0.4, -0.2) is 24.2 Å². The molecular weight excluding hydrogens is 410 g/mol. The second-order valence-electron chi connectivity index (χ2n) is 6.63. The van der Waals surface area contributed by atoms with Crippen molar-refractivity contribution >= 4 is 29.3 Å². The number of nitrogens with one attached hydrogen (secondary N) is 1. The molecule has 0 aliphatic heterocycles. The van der Waals surface area contributed by atoms with E-state index in [9.17, 15) is 27.2 Å². The standard InChI is InChI=1S/C20H17F4NO3S/c1-28-20(27)11-2-4-13(6-11)29-17-7-10(3-5-14(17)21)19(26)25-12-8-15(22)18(24)16(23)9-12/h3,5,7-9,11,13H,2,4,6H2,1H3,(H,25,26). The van der Waals surface area contributed by atoms with Gasteiger partial charge >= 0.3 is 5.97 Å². The van der Waals surface area contributed by atoms with Gasteiger partial charge in [0, 0.05) is 33.5 Å². The van der Waals surface area contributed by atoms with Gasteiger partial charge in [-0.1, -0.05) is 0 Å². The first-order valence-corrected chi connectivity index (χ1v) is 9.66. The monoisotopic (exact) mass is 427 g/mol. The molecule has 1 aliphatic rings. The summed E-state index contributed by atoms with van der Waals surface area (Å²) in [7, 11) is 1.32. The van der Waals surface area contributed by atoms with Crippen molar-refractivity contribution in [1.82, 2.24) is 0 Å². The van der Waals surface area contributed by atoms with Gasteiger partial charge < -0.3 is 10.1 Å². The molecule has 1 N–H and O–H groups in total. The fourth-order valence-electron chi connectivity index (χ4n) is 3.17. The van der Waals surface area contributed by atoms with Gasteiger partial charge in [-0.15, -0.1) is 11.8 Å². The van der Waals surface area contributed by atoms with Gasteiger partial charge in [-0.05, 0) is 37.5 Å². The molecular formula is C20H17F4NO3S. The smallest absolute Gasteiger partial charge is 0.308 e. The quantitative estimate of drug-likeness (QED) is 0.418. The lowest BCUT2D eigenvalue weighted by atomic mass is 10.1. The summed E-state index contributed by atoms with van der Waals surface area (Å²) in [5.74, 6) is -6.27. The van der Waals surface area contributed by atoms with E-state index in [0.29, 0.717) is 31.4 Å². The number of thioether (sulfide) groups is 1. The number of anilines is 1. The Balaban J connectivity index is 1.72. The lowest BCUT2D eigenvalue weighted by molar-refractivity contribution is -0.145. The van der Waals surface area contributed by atoms with Crippen LogP contribution in [0.1, 0.15) is 29.6 Å². The number of ether oxygens (including phenoxy) is 1. The van der Waals surface area contributed by atoms with Crippen LogP contribution in [-0.2, 0) is 9.53 Å².